The van der Waals surface area contributed by atoms with Gasteiger partial charge in [-0.15, -0.1) is 0 Å². The van der Waals surface area contributed by atoms with Crippen molar-refractivity contribution in [2.75, 3.05) is 20.2 Å². The highest BCUT2D eigenvalue weighted by atomic mass is 16.5. The molecule has 0 aliphatic carbocycles. The smallest absolute Gasteiger partial charge is 0.254 e. The maximum atomic E-state index is 12.6. The molecule has 1 aliphatic heterocycles. The van der Waals surface area contributed by atoms with Gasteiger partial charge in [0.15, 0.2) is 0 Å². The minimum Gasteiger partial charge on any atom is -0.497 e. The third-order valence-corrected chi connectivity index (χ3v) is 4.00. The molecule has 0 aromatic heterocycles. The predicted molar refractivity (Wildman–Crippen MR) is 80.1 cm³/mol. The fraction of sp³-hybridized carbons (Fsp3) is 0.562. The Balaban J connectivity index is 2.13. The highest BCUT2D eigenvalue weighted by Crippen LogP contribution is 2.18. The maximum absolute atomic E-state index is 12.6. The second-order valence-electron chi connectivity index (χ2n) is 5.79. The molecule has 4 heteroatoms. The van der Waals surface area contributed by atoms with Crippen molar-refractivity contribution >= 4 is 5.91 Å². The van der Waals surface area contributed by atoms with E-state index < -0.39 is 0 Å². The molecule has 2 atom stereocenters. The lowest BCUT2D eigenvalue weighted by Gasteiger charge is -2.40. The Bertz CT molecular complexity index is 456. The number of carbonyl (C=O) groups is 1. The van der Waals surface area contributed by atoms with Gasteiger partial charge >= 0.3 is 0 Å². The zero-order valence-corrected chi connectivity index (χ0v) is 12.7. The maximum Gasteiger partial charge on any atom is 0.254 e. The average Bonchev–Trinajstić information content (AvgIpc) is 2.47. The van der Waals surface area contributed by atoms with Gasteiger partial charge in [0.05, 0.1) is 7.11 Å². The molecule has 2 unspecified atom stereocenters. The summed E-state index contributed by atoms with van der Waals surface area (Å²) < 4.78 is 5.13. The van der Waals surface area contributed by atoms with Gasteiger partial charge in [-0.05, 0) is 37.1 Å². The number of rotatable bonds is 3. The Morgan fingerprint density at radius 3 is 2.55 bits per heavy atom. The first kappa shape index (κ1) is 14.9. The van der Waals surface area contributed by atoms with Gasteiger partial charge < -0.3 is 15.0 Å². The van der Waals surface area contributed by atoms with Gasteiger partial charge in [-0.3, -0.25) is 4.79 Å². The number of hydrogen-bond donors (Lipinski definition) is 1. The van der Waals surface area contributed by atoms with E-state index in [0.717, 1.165) is 24.4 Å². The molecule has 110 valence electrons. The van der Waals surface area contributed by atoms with Crippen LogP contribution in [-0.2, 0) is 0 Å². The van der Waals surface area contributed by atoms with Crippen LogP contribution in [0.25, 0.3) is 0 Å². The number of nitrogens with zero attached hydrogens (tertiary/aromatic N) is 1. The van der Waals surface area contributed by atoms with Crippen molar-refractivity contribution in [1.29, 1.82) is 0 Å². The minimum absolute atomic E-state index is 0.104. The van der Waals surface area contributed by atoms with E-state index in [1.54, 1.807) is 7.11 Å². The van der Waals surface area contributed by atoms with Gasteiger partial charge in [0.25, 0.3) is 5.91 Å². The number of piperazine rings is 1. The van der Waals surface area contributed by atoms with Crippen LogP contribution in [0.3, 0.4) is 0 Å². The molecule has 1 aromatic rings. The molecule has 0 saturated carbocycles. The third-order valence-electron chi connectivity index (χ3n) is 4.00. The lowest BCUT2D eigenvalue weighted by atomic mass is 9.99. The van der Waals surface area contributed by atoms with Crippen LogP contribution in [0.4, 0.5) is 0 Å². The molecule has 0 bridgehead atoms. The molecular weight excluding hydrogens is 252 g/mol. The molecule has 4 nitrogen and oxygen atoms in total. The summed E-state index contributed by atoms with van der Waals surface area (Å²) in [6.45, 7) is 8.08. The molecule has 0 spiro atoms. The monoisotopic (exact) mass is 276 g/mol. The quantitative estimate of drug-likeness (QED) is 0.920. The summed E-state index contributed by atoms with van der Waals surface area (Å²) in [4.78, 5) is 14.6. The van der Waals surface area contributed by atoms with E-state index in [2.05, 4.69) is 26.1 Å². The van der Waals surface area contributed by atoms with E-state index in [4.69, 9.17) is 4.74 Å². The highest BCUT2D eigenvalue weighted by Gasteiger charge is 2.30. The standard InChI is InChI=1S/C16H24N2O2/c1-11(2)15-10-18(12(3)9-17-15)16(19)13-5-7-14(20-4)8-6-13/h5-8,11-12,15,17H,9-10H2,1-4H3. The largest absolute Gasteiger partial charge is 0.497 e. The summed E-state index contributed by atoms with van der Waals surface area (Å²) in [5.74, 6) is 1.40. The Morgan fingerprint density at radius 1 is 1.35 bits per heavy atom. The van der Waals surface area contributed by atoms with E-state index in [0.29, 0.717) is 12.0 Å². The number of amides is 1. The Morgan fingerprint density at radius 2 is 2.00 bits per heavy atom. The molecular formula is C16H24N2O2. The van der Waals surface area contributed by atoms with Crippen molar-refractivity contribution in [2.24, 2.45) is 5.92 Å². The summed E-state index contributed by atoms with van der Waals surface area (Å²) in [6.07, 6.45) is 0. The number of methoxy groups -OCH3 is 1. The van der Waals surface area contributed by atoms with Crippen molar-refractivity contribution in [3.05, 3.63) is 29.8 Å². The van der Waals surface area contributed by atoms with Crippen LogP contribution in [0.5, 0.6) is 5.75 Å². The van der Waals surface area contributed by atoms with Crippen LogP contribution >= 0.6 is 0 Å². The molecule has 0 radical (unpaired) electrons. The van der Waals surface area contributed by atoms with E-state index in [1.165, 1.54) is 0 Å². The SMILES string of the molecule is COc1ccc(C(=O)N2CC(C(C)C)NCC2C)cc1. The van der Waals surface area contributed by atoms with Crippen molar-refractivity contribution in [3.63, 3.8) is 0 Å². The summed E-state index contributed by atoms with van der Waals surface area (Å²) >= 11 is 0. The number of ether oxygens (including phenoxy) is 1. The molecule has 1 N–H and O–H groups in total. The number of hydrogen-bond acceptors (Lipinski definition) is 3. The fourth-order valence-electron chi connectivity index (χ4n) is 2.52. The minimum atomic E-state index is 0.104. The second-order valence-corrected chi connectivity index (χ2v) is 5.79. The number of carbonyl (C=O) groups excluding carboxylic acids is 1. The molecule has 2 rings (SSSR count). The third kappa shape index (κ3) is 3.12. The first-order valence-corrected chi connectivity index (χ1v) is 7.21. The van der Waals surface area contributed by atoms with Crippen LogP contribution in [0.15, 0.2) is 24.3 Å². The first-order valence-electron chi connectivity index (χ1n) is 7.21. The summed E-state index contributed by atoms with van der Waals surface area (Å²) in [5, 5.41) is 3.51. The van der Waals surface area contributed by atoms with Crippen LogP contribution in [-0.4, -0.2) is 43.1 Å². The summed E-state index contributed by atoms with van der Waals surface area (Å²) in [6, 6.07) is 7.92. The van der Waals surface area contributed by atoms with Gasteiger partial charge in [-0.25, -0.2) is 0 Å². The molecule has 1 heterocycles. The Kier molecular flexibility index (Phi) is 4.65. The van der Waals surface area contributed by atoms with Crippen molar-refractivity contribution in [3.8, 4) is 5.75 Å². The van der Waals surface area contributed by atoms with E-state index in [-0.39, 0.29) is 11.9 Å². The highest BCUT2D eigenvalue weighted by molar-refractivity contribution is 5.94. The van der Waals surface area contributed by atoms with Gasteiger partial charge in [0.1, 0.15) is 5.75 Å². The van der Waals surface area contributed by atoms with Crippen molar-refractivity contribution in [1.82, 2.24) is 10.2 Å². The zero-order valence-electron chi connectivity index (χ0n) is 12.7. The topological polar surface area (TPSA) is 41.6 Å². The molecule has 1 amide bonds. The van der Waals surface area contributed by atoms with E-state index in [1.807, 2.05) is 29.2 Å². The van der Waals surface area contributed by atoms with Gasteiger partial charge in [0, 0.05) is 30.7 Å². The van der Waals surface area contributed by atoms with Gasteiger partial charge in [-0.2, -0.15) is 0 Å². The first-order chi connectivity index (χ1) is 9.52. The Labute approximate surface area is 121 Å². The van der Waals surface area contributed by atoms with Crippen LogP contribution in [0.2, 0.25) is 0 Å². The second kappa shape index (κ2) is 6.27. The lowest BCUT2D eigenvalue weighted by molar-refractivity contribution is 0.0579. The predicted octanol–water partition coefficient (Wildman–Crippen LogP) is 2.15. The number of nitrogens with one attached hydrogen (secondary N) is 1. The molecule has 1 aliphatic rings. The van der Waals surface area contributed by atoms with Crippen LogP contribution in [0, 0.1) is 5.92 Å². The van der Waals surface area contributed by atoms with Crippen LogP contribution < -0.4 is 10.1 Å². The van der Waals surface area contributed by atoms with E-state index in [9.17, 15) is 4.79 Å². The summed E-state index contributed by atoms with van der Waals surface area (Å²) in [5.41, 5.74) is 0.724. The molecule has 1 saturated heterocycles. The van der Waals surface area contributed by atoms with Crippen molar-refractivity contribution < 1.29 is 9.53 Å². The fourth-order valence-corrected chi connectivity index (χ4v) is 2.52. The normalized spacial score (nSPS) is 22.9. The molecule has 1 aromatic carbocycles. The molecule has 1 fully saturated rings. The average molecular weight is 276 g/mol. The zero-order chi connectivity index (χ0) is 14.7. The lowest BCUT2D eigenvalue weighted by Crippen LogP contribution is -2.58. The van der Waals surface area contributed by atoms with Gasteiger partial charge in [-0.1, -0.05) is 13.8 Å². The van der Waals surface area contributed by atoms with Crippen LogP contribution in [0.1, 0.15) is 31.1 Å². The number of benzene rings is 1. The van der Waals surface area contributed by atoms with E-state index >= 15 is 0 Å². The van der Waals surface area contributed by atoms with Gasteiger partial charge in [0.2, 0.25) is 0 Å². The Hall–Kier alpha value is -1.55. The van der Waals surface area contributed by atoms with Crippen molar-refractivity contribution in [2.45, 2.75) is 32.9 Å². The summed E-state index contributed by atoms with van der Waals surface area (Å²) in [7, 11) is 1.63. The molecule has 20 heavy (non-hydrogen) atoms.